The van der Waals surface area contributed by atoms with Gasteiger partial charge in [0.25, 0.3) is 0 Å². The van der Waals surface area contributed by atoms with Crippen molar-refractivity contribution in [1.82, 2.24) is 19.7 Å². The molecule has 24 heavy (non-hydrogen) atoms. The molecule has 1 saturated heterocycles. The zero-order valence-corrected chi connectivity index (χ0v) is 14.6. The smallest absolute Gasteiger partial charge is 0.224 e. The summed E-state index contributed by atoms with van der Waals surface area (Å²) in [6.45, 7) is 6.23. The van der Waals surface area contributed by atoms with Gasteiger partial charge in [0.15, 0.2) is 0 Å². The molecule has 6 heteroatoms. The van der Waals surface area contributed by atoms with Crippen LogP contribution in [0.2, 0.25) is 0 Å². The number of aryl methyl sites for hydroxylation is 3. The van der Waals surface area contributed by atoms with Gasteiger partial charge < -0.3 is 10.2 Å². The van der Waals surface area contributed by atoms with E-state index in [0.717, 1.165) is 42.3 Å². The normalized spacial score (nSPS) is 17.3. The van der Waals surface area contributed by atoms with Crippen molar-refractivity contribution >= 4 is 11.6 Å². The first kappa shape index (κ1) is 16.5. The molecule has 1 aliphatic rings. The molecule has 3 heterocycles. The van der Waals surface area contributed by atoms with Crippen molar-refractivity contribution in [3.05, 3.63) is 41.5 Å². The van der Waals surface area contributed by atoms with Gasteiger partial charge in [0, 0.05) is 68.0 Å². The summed E-state index contributed by atoms with van der Waals surface area (Å²) in [5.74, 6) is 0.529. The predicted octanol–water partition coefficient (Wildman–Crippen LogP) is 2.34. The lowest BCUT2D eigenvalue weighted by molar-refractivity contribution is -0.130. The standard InChI is InChI=1S/C18H25N5O/c1-13-10-16(19-3)11-17(21-13)15-5-8-22(12-15)18(24)6-9-23-14(2)4-7-20-23/h4,7,10-11,15H,5-6,8-9,12H2,1-3H3,(H,19,21). The molecule has 128 valence electrons. The molecule has 1 amide bonds. The van der Waals surface area contributed by atoms with E-state index in [9.17, 15) is 4.79 Å². The van der Waals surface area contributed by atoms with Crippen LogP contribution >= 0.6 is 0 Å². The van der Waals surface area contributed by atoms with Crippen molar-refractivity contribution in [1.29, 1.82) is 0 Å². The van der Waals surface area contributed by atoms with Gasteiger partial charge in [-0.2, -0.15) is 5.10 Å². The van der Waals surface area contributed by atoms with Crippen molar-refractivity contribution in [3.63, 3.8) is 0 Å². The minimum atomic E-state index is 0.203. The largest absolute Gasteiger partial charge is 0.388 e. The molecule has 2 aromatic heterocycles. The summed E-state index contributed by atoms with van der Waals surface area (Å²) in [4.78, 5) is 19.1. The van der Waals surface area contributed by atoms with Crippen LogP contribution in [-0.2, 0) is 11.3 Å². The van der Waals surface area contributed by atoms with E-state index in [0.29, 0.717) is 18.9 Å². The van der Waals surface area contributed by atoms with Gasteiger partial charge in [-0.05, 0) is 38.5 Å². The lowest BCUT2D eigenvalue weighted by Crippen LogP contribution is -2.29. The van der Waals surface area contributed by atoms with E-state index in [-0.39, 0.29) is 5.91 Å². The molecule has 0 aliphatic carbocycles. The average Bonchev–Trinajstić information content (AvgIpc) is 3.21. The van der Waals surface area contributed by atoms with Crippen molar-refractivity contribution in [2.75, 3.05) is 25.5 Å². The minimum absolute atomic E-state index is 0.203. The van der Waals surface area contributed by atoms with Gasteiger partial charge in [-0.25, -0.2) is 0 Å². The van der Waals surface area contributed by atoms with Crippen LogP contribution in [0.5, 0.6) is 0 Å². The Balaban J connectivity index is 1.59. The maximum atomic E-state index is 12.5. The molecule has 0 radical (unpaired) electrons. The lowest BCUT2D eigenvalue weighted by atomic mass is 10.0. The fourth-order valence-electron chi connectivity index (χ4n) is 3.27. The molecule has 1 fully saturated rings. The second-order valence-electron chi connectivity index (χ2n) is 6.44. The Bertz CT molecular complexity index is 724. The van der Waals surface area contributed by atoms with Gasteiger partial charge >= 0.3 is 0 Å². The number of aromatic nitrogens is 3. The van der Waals surface area contributed by atoms with Crippen LogP contribution < -0.4 is 5.32 Å². The monoisotopic (exact) mass is 327 g/mol. The van der Waals surface area contributed by atoms with Crippen LogP contribution in [0.3, 0.4) is 0 Å². The van der Waals surface area contributed by atoms with E-state index in [4.69, 9.17) is 0 Å². The quantitative estimate of drug-likeness (QED) is 0.915. The number of rotatable bonds is 5. The van der Waals surface area contributed by atoms with Gasteiger partial charge in [-0.3, -0.25) is 14.5 Å². The SMILES string of the molecule is CNc1cc(C)nc(C2CCN(C(=O)CCn3nccc3C)C2)c1. The Morgan fingerprint density at radius 3 is 2.92 bits per heavy atom. The molecule has 0 bridgehead atoms. The predicted molar refractivity (Wildman–Crippen MR) is 94.0 cm³/mol. The number of carbonyl (C=O) groups is 1. The second kappa shape index (κ2) is 7.03. The van der Waals surface area contributed by atoms with E-state index in [1.54, 1.807) is 6.20 Å². The molecular formula is C18H25N5O. The highest BCUT2D eigenvalue weighted by Crippen LogP contribution is 2.28. The minimum Gasteiger partial charge on any atom is -0.388 e. The molecule has 0 aromatic carbocycles. The maximum absolute atomic E-state index is 12.5. The number of nitrogens with zero attached hydrogens (tertiary/aromatic N) is 4. The van der Waals surface area contributed by atoms with E-state index < -0.39 is 0 Å². The second-order valence-corrected chi connectivity index (χ2v) is 6.44. The van der Waals surface area contributed by atoms with Gasteiger partial charge in [0.05, 0.1) is 0 Å². The summed E-state index contributed by atoms with van der Waals surface area (Å²) in [6.07, 6.45) is 3.25. The highest BCUT2D eigenvalue weighted by atomic mass is 16.2. The molecule has 1 atom stereocenters. The van der Waals surface area contributed by atoms with Crippen molar-refractivity contribution in [2.24, 2.45) is 0 Å². The van der Waals surface area contributed by atoms with E-state index in [2.05, 4.69) is 21.5 Å². The first-order valence-corrected chi connectivity index (χ1v) is 8.49. The van der Waals surface area contributed by atoms with Crippen molar-refractivity contribution < 1.29 is 4.79 Å². The zero-order chi connectivity index (χ0) is 17.1. The summed E-state index contributed by atoms with van der Waals surface area (Å²) in [7, 11) is 1.92. The molecule has 2 aromatic rings. The Kier molecular flexibility index (Phi) is 4.83. The molecular weight excluding hydrogens is 302 g/mol. The van der Waals surface area contributed by atoms with Gasteiger partial charge in [-0.15, -0.1) is 0 Å². The molecule has 1 aliphatic heterocycles. The summed E-state index contributed by atoms with van der Waals surface area (Å²) in [6, 6.07) is 6.09. The van der Waals surface area contributed by atoms with Crippen LogP contribution in [0, 0.1) is 13.8 Å². The van der Waals surface area contributed by atoms with Gasteiger partial charge in [0.2, 0.25) is 5.91 Å². The first-order chi connectivity index (χ1) is 11.6. The Hall–Kier alpha value is -2.37. The molecule has 1 N–H and O–H groups in total. The number of amides is 1. The number of carbonyl (C=O) groups excluding carboxylic acids is 1. The van der Waals surface area contributed by atoms with Crippen LogP contribution in [0.4, 0.5) is 5.69 Å². The van der Waals surface area contributed by atoms with Crippen molar-refractivity contribution in [2.45, 2.75) is 39.2 Å². The maximum Gasteiger partial charge on any atom is 0.224 e. The highest BCUT2D eigenvalue weighted by Gasteiger charge is 2.28. The molecule has 0 saturated carbocycles. The van der Waals surface area contributed by atoms with Gasteiger partial charge in [0.1, 0.15) is 0 Å². The van der Waals surface area contributed by atoms with Crippen LogP contribution in [-0.4, -0.2) is 45.7 Å². The van der Waals surface area contributed by atoms with E-state index in [1.165, 1.54) is 0 Å². The third-order valence-electron chi connectivity index (χ3n) is 4.69. The molecule has 0 spiro atoms. The molecule has 1 unspecified atom stereocenters. The number of nitrogens with one attached hydrogen (secondary N) is 1. The number of likely N-dealkylation sites (tertiary alicyclic amines) is 1. The number of hydrogen-bond acceptors (Lipinski definition) is 4. The number of anilines is 1. The third-order valence-corrected chi connectivity index (χ3v) is 4.69. The Morgan fingerprint density at radius 2 is 2.21 bits per heavy atom. The topological polar surface area (TPSA) is 63.1 Å². The Morgan fingerprint density at radius 1 is 1.38 bits per heavy atom. The number of pyridine rings is 1. The summed E-state index contributed by atoms with van der Waals surface area (Å²) < 4.78 is 1.88. The third kappa shape index (κ3) is 3.58. The summed E-state index contributed by atoms with van der Waals surface area (Å²) in [5.41, 5.74) is 4.26. The summed E-state index contributed by atoms with van der Waals surface area (Å²) >= 11 is 0. The van der Waals surface area contributed by atoms with Gasteiger partial charge in [-0.1, -0.05) is 0 Å². The Labute approximate surface area is 142 Å². The average molecular weight is 327 g/mol. The fraction of sp³-hybridized carbons (Fsp3) is 0.500. The van der Waals surface area contributed by atoms with Crippen LogP contribution in [0.1, 0.15) is 35.8 Å². The van der Waals surface area contributed by atoms with E-state index >= 15 is 0 Å². The lowest BCUT2D eigenvalue weighted by Gasteiger charge is -2.17. The fourth-order valence-corrected chi connectivity index (χ4v) is 3.27. The summed E-state index contributed by atoms with van der Waals surface area (Å²) in [5, 5.41) is 7.41. The zero-order valence-electron chi connectivity index (χ0n) is 14.6. The van der Waals surface area contributed by atoms with Crippen LogP contribution in [0.15, 0.2) is 24.4 Å². The van der Waals surface area contributed by atoms with E-state index in [1.807, 2.05) is 42.6 Å². The first-order valence-electron chi connectivity index (χ1n) is 8.49. The number of hydrogen-bond donors (Lipinski definition) is 1. The highest BCUT2D eigenvalue weighted by molar-refractivity contribution is 5.76. The molecule has 3 rings (SSSR count). The van der Waals surface area contributed by atoms with Crippen molar-refractivity contribution in [3.8, 4) is 0 Å². The molecule has 6 nitrogen and oxygen atoms in total. The van der Waals surface area contributed by atoms with Crippen LogP contribution in [0.25, 0.3) is 0 Å².